The minimum atomic E-state index is -0.555. The van der Waals surface area contributed by atoms with Crippen LogP contribution in [-0.2, 0) is 4.79 Å². The number of nitrogens with one attached hydrogen (secondary N) is 2. The molecule has 106 valence electrons. The lowest BCUT2D eigenvalue weighted by molar-refractivity contribution is -0.125. The predicted molar refractivity (Wildman–Crippen MR) is 68.5 cm³/mol. The van der Waals surface area contributed by atoms with E-state index in [-0.39, 0.29) is 11.9 Å². The molecule has 20 heavy (non-hydrogen) atoms. The lowest BCUT2D eigenvalue weighted by Crippen LogP contribution is -2.51. The zero-order valence-corrected chi connectivity index (χ0v) is 10.7. The van der Waals surface area contributed by atoms with Crippen molar-refractivity contribution in [2.45, 2.75) is 24.9 Å². The summed E-state index contributed by atoms with van der Waals surface area (Å²) in [7, 11) is 0. The third-order valence-corrected chi connectivity index (χ3v) is 3.64. The molecule has 3 amide bonds. The highest BCUT2D eigenvalue weighted by atomic mass is 16.5. The molecular formula is C12H15N5O3. The van der Waals surface area contributed by atoms with Crippen LogP contribution in [0.4, 0.5) is 10.5 Å². The number of hydroxylamine groups is 2. The Balaban J connectivity index is 1.62. The number of pyridine rings is 1. The van der Waals surface area contributed by atoms with Crippen LogP contribution in [0.15, 0.2) is 24.5 Å². The third kappa shape index (κ3) is 2.14. The predicted octanol–water partition coefficient (Wildman–Crippen LogP) is 0.182. The highest BCUT2D eigenvalue weighted by molar-refractivity contribution is 5.89. The topological polar surface area (TPSA) is 97.8 Å². The van der Waals surface area contributed by atoms with Gasteiger partial charge in [0.05, 0.1) is 17.9 Å². The van der Waals surface area contributed by atoms with Gasteiger partial charge in [0, 0.05) is 12.7 Å². The Labute approximate surface area is 115 Å². The quantitative estimate of drug-likeness (QED) is 0.541. The Kier molecular flexibility index (Phi) is 3.15. The first-order valence-corrected chi connectivity index (χ1v) is 6.41. The van der Waals surface area contributed by atoms with E-state index in [1.807, 2.05) is 0 Å². The molecule has 2 aliphatic heterocycles. The van der Waals surface area contributed by atoms with E-state index < -0.39 is 12.1 Å². The smallest absolute Gasteiger partial charge is 0.309 e. The first kappa shape index (κ1) is 12.7. The monoisotopic (exact) mass is 277 g/mol. The van der Waals surface area contributed by atoms with Crippen LogP contribution in [0, 0.1) is 0 Å². The SMILES string of the molecule is O=C(NNc1cccnc1)[C@@H]1CC[C@@H]2CN1C(=O)N2O. The van der Waals surface area contributed by atoms with Gasteiger partial charge in [-0.2, -0.15) is 0 Å². The molecule has 2 bridgehead atoms. The van der Waals surface area contributed by atoms with Gasteiger partial charge in [-0.05, 0) is 25.0 Å². The Morgan fingerprint density at radius 1 is 1.45 bits per heavy atom. The largest absolute Gasteiger partial charge is 0.344 e. The van der Waals surface area contributed by atoms with Crippen LogP contribution >= 0.6 is 0 Å². The molecular weight excluding hydrogens is 262 g/mol. The van der Waals surface area contributed by atoms with Crippen LogP contribution in [0.25, 0.3) is 0 Å². The normalized spacial score (nSPS) is 24.8. The maximum Gasteiger partial charge on any atom is 0.344 e. The van der Waals surface area contributed by atoms with Gasteiger partial charge in [0.1, 0.15) is 6.04 Å². The number of fused-ring (bicyclic) bond motifs is 2. The molecule has 2 saturated heterocycles. The van der Waals surface area contributed by atoms with Crippen molar-refractivity contribution in [1.82, 2.24) is 20.4 Å². The Morgan fingerprint density at radius 2 is 2.30 bits per heavy atom. The molecule has 3 heterocycles. The first-order valence-electron chi connectivity index (χ1n) is 6.41. The summed E-state index contributed by atoms with van der Waals surface area (Å²) in [6, 6.07) is 2.25. The van der Waals surface area contributed by atoms with Crippen molar-refractivity contribution < 1.29 is 14.8 Å². The molecule has 2 atom stereocenters. The molecule has 1 aromatic heterocycles. The highest BCUT2D eigenvalue weighted by Gasteiger charge is 2.46. The zero-order chi connectivity index (χ0) is 14.1. The number of carbonyl (C=O) groups excluding carboxylic acids is 2. The minimum Gasteiger partial charge on any atom is -0.309 e. The average molecular weight is 277 g/mol. The summed E-state index contributed by atoms with van der Waals surface area (Å²) in [4.78, 5) is 29.2. The van der Waals surface area contributed by atoms with Crippen LogP contribution in [0.3, 0.4) is 0 Å². The molecule has 8 heteroatoms. The molecule has 1 aromatic rings. The average Bonchev–Trinajstić information content (AvgIpc) is 2.71. The van der Waals surface area contributed by atoms with Gasteiger partial charge in [-0.15, -0.1) is 0 Å². The molecule has 2 aliphatic rings. The second-order valence-electron chi connectivity index (χ2n) is 4.88. The fourth-order valence-electron chi connectivity index (χ4n) is 2.58. The van der Waals surface area contributed by atoms with Gasteiger partial charge in [-0.3, -0.25) is 25.8 Å². The van der Waals surface area contributed by atoms with E-state index >= 15 is 0 Å². The lowest BCUT2D eigenvalue weighted by atomic mass is 10.0. The van der Waals surface area contributed by atoms with Crippen molar-refractivity contribution in [2.24, 2.45) is 0 Å². The second-order valence-corrected chi connectivity index (χ2v) is 4.88. The van der Waals surface area contributed by atoms with Crippen LogP contribution in [0.1, 0.15) is 12.8 Å². The molecule has 0 radical (unpaired) electrons. The number of nitrogens with zero attached hydrogens (tertiary/aromatic N) is 3. The van der Waals surface area contributed by atoms with Crippen LogP contribution < -0.4 is 10.9 Å². The van der Waals surface area contributed by atoms with Crippen molar-refractivity contribution in [3.05, 3.63) is 24.5 Å². The van der Waals surface area contributed by atoms with Gasteiger partial charge in [0.15, 0.2) is 0 Å². The minimum absolute atomic E-state index is 0.196. The van der Waals surface area contributed by atoms with Crippen molar-refractivity contribution in [2.75, 3.05) is 12.0 Å². The Bertz CT molecular complexity index is 523. The standard InChI is InChI=1S/C12H15N5O3/c18-11(15-14-8-2-1-5-13-6-8)10-4-3-9-7-16(10)12(19)17(9)20/h1-2,5-6,9-10,14,20H,3-4,7H2,(H,15,18)/t9-,10+/m1/s1. The summed E-state index contributed by atoms with van der Waals surface area (Å²) in [5.41, 5.74) is 5.97. The Hall–Kier alpha value is -2.35. The summed E-state index contributed by atoms with van der Waals surface area (Å²) < 4.78 is 0. The molecule has 0 unspecified atom stereocenters. The molecule has 0 aliphatic carbocycles. The summed E-state index contributed by atoms with van der Waals surface area (Å²) in [6.45, 7) is 0.389. The van der Waals surface area contributed by atoms with Gasteiger partial charge in [-0.1, -0.05) is 0 Å². The molecule has 0 saturated carbocycles. The van der Waals surface area contributed by atoms with Crippen molar-refractivity contribution in [3.8, 4) is 0 Å². The molecule has 2 fully saturated rings. The molecule has 3 rings (SSSR count). The van der Waals surface area contributed by atoms with E-state index in [4.69, 9.17) is 0 Å². The number of urea groups is 1. The summed E-state index contributed by atoms with van der Waals surface area (Å²) >= 11 is 0. The summed E-state index contributed by atoms with van der Waals surface area (Å²) in [6.07, 6.45) is 4.36. The maximum atomic E-state index is 12.1. The third-order valence-electron chi connectivity index (χ3n) is 3.64. The van der Waals surface area contributed by atoms with E-state index in [0.717, 1.165) is 5.06 Å². The number of rotatable bonds is 3. The van der Waals surface area contributed by atoms with Gasteiger partial charge in [0.25, 0.3) is 5.91 Å². The van der Waals surface area contributed by atoms with Crippen LogP contribution in [0.2, 0.25) is 0 Å². The summed E-state index contributed by atoms with van der Waals surface area (Å²) in [5.74, 6) is -0.295. The van der Waals surface area contributed by atoms with Crippen molar-refractivity contribution >= 4 is 17.6 Å². The van der Waals surface area contributed by atoms with Crippen LogP contribution in [-0.4, -0.2) is 50.7 Å². The number of amides is 3. The zero-order valence-electron chi connectivity index (χ0n) is 10.7. The highest BCUT2D eigenvalue weighted by Crippen LogP contribution is 2.28. The number of carbonyl (C=O) groups is 2. The molecule has 8 nitrogen and oxygen atoms in total. The van der Waals surface area contributed by atoms with E-state index in [0.29, 0.717) is 25.1 Å². The first-order chi connectivity index (χ1) is 9.66. The fraction of sp³-hybridized carbons (Fsp3) is 0.417. The van der Waals surface area contributed by atoms with E-state index in [1.54, 1.807) is 24.5 Å². The van der Waals surface area contributed by atoms with Gasteiger partial charge >= 0.3 is 6.03 Å². The fourth-order valence-corrected chi connectivity index (χ4v) is 2.58. The van der Waals surface area contributed by atoms with E-state index in [2.05, 4.69) is 15.8 Å². The van der Waals surface area contributed by atoms with Crippen molar-refractivity contribution in [1.29, 1.82) is 0 Å². The number of hydrogen-bond donors (Lipinski definition) is 3. The molecule has 0 spiro atoms. The Morgan fingerprint density at radius 3 is 3.05 bits per heavy atom. The lowest BCUT2D eigenvalue weighted by Gasteiger charge is -2.29. The molecule has 3 N–H and O–H groups in total. The van der Waals surface area contributed by atoms with Gasteiger partial charge in [0.2, 0.25) is 0 Å². The number of anilines is 1. The summed E-state index contributed by atoms with van der Waals surface area (Å²) in [5, 5.41) is 10.3. The van der Waals surface area contributed by atoms with Gasteiger partial charge in [-0.25, -0.2) is 9.86 Å². The van der Waals surface area contributed by atoms with Crippen molar-refractivity contribution in [3.63, 3.8) is 0 Å². The second kappa shape index (κ2) is 4.97. The van der Waals surface area contributed by atoms with E-state index in [9.17, 15) is 14.8 Å². The number of piperidine rings is 1. The van der Waals surface area contributed by atoms with E-state index in [1.165, 1.54) is 4.90 Å². The van der Waals surface area contributed by atoms with Crippen LogP contribution in [0.5, 0.6) is 0 Å². The number of aromatic nitrogens is 1. The maximum absolute atomic E-state index is 12.1. The van der Waals surface area contributed by atoms with Gasteiger partial charge < -0.3 is 4.90 Å². The molecule has 0 aromatic carbocycles. The number of hydrazine groups is 1. The number of hydrogen-bond acceptors (Lipinski definition) is 5.